The van der Waals surface area contributed by atoms with E-state index in [1.54, 1.807) is 12.3 Å². The molecule has 0 bridgehead atoms. The number of nitrogens with zero attached hydrogens (tertiary/aromatic N) is 2. The fraction of sp³-hybridized carbons (Fsp3) is 0.600. The number of pyridine rings is 1. The summed E-state index contributed by atoms with van der Waals surface area (Å²) in [5.41, 5.74) is 7.01. The van der Waals surface area contributed by atoms with Crippen LogP contribution in [0.4, 0.5) is 5.69 Å². The molecule has 0 saturated carbocycles. The van der Waals surface area contributed by atoms with Gasteiger partial charge in [-0.1, -0.05) is 26.7 Å². The van der Waals surface area contributed by atoms with Gasteiger partial charge in [0.2, 0.25) is 5.91 Å². The smallest absolute Gasteiger partial charge is 0.228 e. The van der Waals surface area contributed by atoms with Crippen molar-refractivity contribution in [3.63, 3.8) is 0 Å². The average molecular weight is 263 g/mol. The zero-order chi connectivity index (χ0) is 14.1. The van der Waals surface area contributed by atoms with Crippen LogP contribution in [0.2, 0.25) is 0 Å². The number of carbonyl (C=O) groups is 1. The van der Waals surface area contributed by atoms with Gasteiger partial charge in [-0.15, -0.1) is 0 Å². The predicted octanol–water partition coefficient (Wildman–Crippen LogP) is 2.64. The van der Waals surface area contributed by atoms with Crippen LogP contribution < -0.4 is 5.73 Å². The summed E-state index contributed by atoms with van der Waals surface area (Å²) in [4.78, 5) is 18.4. The molecule has 1 aromatic heterocycles. The summed E-state index contributed by atoms with van der Waals surface area (Å²) in [6.07, 6.45) is 6.31. The SMILES string of the molecule is CCCCN(CCCC)C(=O)Cc1ccc(N)cn1. The summed E-state index contributed by atoms with van der Waals surface area (Å²) in [6.45, 7) is 5.99. The van der Waals surface area contributed by atoms with E-state index >= 15 is 0 Å². The van der Waals surface area contributed by atoms with Crippen molar-refractivity contribution < 1.29 is 4.79 Å². The van der Waals surface area contributed by atoms with Crippen LogP contribution in [-0.4, -0.2) is 28.9 Å². The van der Waals surface area contributed by atoms with Gasteiger partial charge in [0.1, 0.15) is 0 Å². The number of hydrogen-bond donors (Lipinski definition) is 1. The number of anilines is 1. The first kappa shape index (κ1) is 15.5. The minimum absolute atomic E-state index is 0.166. The molecule has 1 heterocycles. The molecule has 0 unspecified atom stereocenters. The Labute approximate surface area is 116 Å². The summed E-state index contributed by atoms with van der Waals surface area (Å²) in [7, 11) is 0. The van der Waals surface area contributed by atoms with Gasteiger partial charge in [-0.05, 0) is 25.0 Å². The van der Waals surface area contributed by atoms with E-state index in [1.165, 1.54) is 0 Å². The maximum Gasteiger partial charge on any atom is 0.228 e. The topological polar surface area (TPSA) is 59.2 Å². The van der Waals surface area contributed by atoms with Crippen LogP contribution in [0, 0.1) is 0 Å². The Balaban J connectivity index is 2.56. The van der Waals surface area contributed by atoms with Crippen molar-refractivity contribution in [1.82, 2.24) is 9.88 Å². The van der Waals surface area contributed by atoms with Gasteiger partial charge in [0.25, 0.3) is 0 Å². The lowest BCUT2D eigenvalue weighted by Gasteiger charge is -2.22. The molecule has 106 valence electrons. The molecule has 0 atom stereocenters. The predicted molar refractivity (Wildman–Crippen MR) is 78.7 cm³/mol. The number of unbranched alkanes of at least 4 members (excludes halogenated alkanes) is 2. The third-order valence-corrected chi connectivity index (χ3v) is 3.10. The molecule has 1 aromatic rings. The van der Waals surface area contributed by atoms with Crippen LogP contribution in [-0.2, 0) is 11.2 Å². The molecule has 0 spiro atoms. The van der Waals surface area contributed by atoms with E-state index < -0.39 is 0 Å². The van der Waals surface area contributed by atoms with Crippen molar-refractivity contribution in [2.24, 2.45) is 0 Å². The second kappa shape index (κ2) is 8.51. The van der Waals surface area contributed by atoms with Gasteiger partial charge in [0.05, 0.1) is 18.3 Å². The van der Waals surface area contributed by atoms with Crippen LogP contribution in [0.3, 0.4) is 0 Å². The first-order valence-corrected chi connectivity index (χ1v) is 7.15. The van der Waals surface area contributed by atoms with Crippen LogP contribution in [0.15, 0.2) is 18.3 Å². The molecule has 2 N–H and O–H groups in total. The summed E-state index contributed by atoms with van der Waals surface area (Å²) < 4.78 is 0. The minimum atomic E-state index is 0.166. The third-order valence-electron chi connectivity index (χ3n) is 3.10. The van der Waals surface area contributed by atoms with E-state index in [4.69, 9.17) is 5.73 Å². The maximum atomic E-state index is 12.3. The fourth-order valence-electron chi connectivity index (χ4n) is 1.87. The number of rotatable bonds is 8. The van der Waals surface area contributed by atoms with Crippen molar-refractivity contribution in [3.05, 3.63) is 24.0 Å². The first-order chi connectivity index (χ1) is 9.17. The van der Waals surface area contributed by atoms with Crippen molar-refractivity contribution in [2.75, 3.05) is 18.8 Å². The number of aromatic nitrogens is 1. The second-order valence-electron chi connectivity index (χ2n) is 4.85. The Hall–Kier alpha value is -1.58. The standard InChI is InChI=1S/C15H25N3O/c1-3-5-9-18(10-6-4-2)15(19)11-14-8-7-13(16)12-17-14/h7-8,12H,3-6,9-11,16H2,1-2H3. The van der Waals surface area contributed by atoms with Crippen molar-refractivity contribution in [2.45, 2.75) is 46.0 Å². The van der Waals surface area contributed by atoms with Gasteiger partial charge in [-0.25, -0.2) is 0 Å². The second-order valence-corrected chi connectivity index (χ2v) is 4.85. The van der Waals surface area contributed by atoms with Gasteiger partial charge in [-0.2, -0.15) is 0 Å². The lowest BCUT2D eigenvalue weighted by atomic mass is 10.2. The Morgan fingerprint density at radius 3 is 2.32 bits per heavy atom. The van der Waals surface area contributed by atoms with Gasteiger partial charge in [-0.3, -0.25) is 9.78 Å². The highest BCUT2D eigenvalue weighted by Gasteiger charge is 2.13. The molecule has 0 aliphatic rings. The van der Waals surface area contributed by atoms with Gasteiger partial charge in [0.15, 0.2) is 0 Å². The Morgan fingerprint density at radius 1 is 1.21 bits per heavy atom. The van der Waals surface area contributed by atoms with E-state index in [1.807, 2.05) is 11.0 Å². The van der Waals surface area contributed by atoms with Crippen molar-refractivity contribution in [3.8, 4) is 0 Å². The van der Waals surface area contributed by atoms with Crippen LogP contribution in [0.1, 0.15) is 45.2 Å². The number of nitrogen functional groups attached to an aromatic ring is 1. The summed E-state index contributed by atoms with van der Waals surface area (Å²) in [5, 5.41) is 0. The molecule has 4 heteroatoms. The van der Waals surface area contributed by atoms with Crippen LogP contribution in [0.25, 0.3) is 0 Å². The third kappa shape index (κ3) is 5.73. The molecule has 0 saturated heterocycles. The van der Waals surface area contributed by atoms with Crippen LogP contribution in [0.5, 0.6) is 0 Å². The van der Waals surface area contributed by atoms with E-state index in [2.05, 4.69) is 18.8 Å². The first-order valence-electron chi connectivity index (χ1n) is 7.15. The van der Waals surface area contributed by atoms with Gasteiger partial charge < -0.3 is 10.6 Å². The average Bonchev–Trinajstić information content (AvgIpc) is 2.41. The lowest BCUT2D eigenvalue weighted by Crippen LogP contribution is -2.34. The Morgan fingerprint density at radius 2 is 1.84 bits per heavy atom. The van der Waals surface area contributed by atoms with Gasteiger partial charge in [0, 0.05) is 18.8 Å². The zero-order valence-electron chi connectivity index (χ0n) is 12.1. The number of nitrogens with two attached hydrogens (primary N) is 1. The normalized spacial score (nSPS) is 10.4. The number of amides is 1. The number of carbonyl (C=O) groups excluding carboxylic acids is 1. The molecule has 19 heavy (non-hydrogen) atoms. The van der Waals surface area contributed by atoms with Crippen molar-refractivity contribution in [1.29, 1.82) is 0 Å². The van der Waals surface area contributed by atoms with E-state index in [0.717, 1.165) is 44.5 Å². The molecule has 0 aliphatic heterocycles. The summed E-state index contributed by atoms with van der Waals surface area (Å²) >= 11 is 0. The van der Waals surface area contributed by atoms with Gasteiger partial charge >= 0.3 is 0 Å². The van der Waals surface area contributed by atoms with E-state index in [-0.39, 0.29) is 5.91 Å². The lowest BCUT2D eigenvalue weighted by molar-refractivity contribution is -0.130. The molecular weight excluding hydrogens is 238 g/mol. The van der Waals surface area contributed by atoms with E-state index in [0.29, 0.717) is 12.1 Å². The highest BCUT2D eigenvalue weighted by atomic mass is 16.2. The zero-order valence-corrected chi connectivity index (χ0v) is 12.1. The van der Waals surface area contributed by atoms with E-state index in [9.17, 15) is 4.79 Å². The highest BCUT2D eigenvalue weighted by molar-refractivity contribution is 5.78. The molecule has 0 aliphatic carbocycles. The quantitative estimate of drug-likeness (QED) is 0.784. The highest BCUT2D eigenvalue weighted by Crippen LogP contribution is 2.06. The van der Waals surface area contributed by atoms with Crippen LogP contribution >= 0.6 is 0 Å². The molecule has 1 amide bonds. The molecule has 0 fully saturated rings. The number of hydrogen-bond acceptors (Lipinski definition) is 3. The Kier molecular flexibility index (Phi) is 6.93. The van der Waals surface area contributed by atoms with Crippen molar-refractivity contribution >= 4 is 11.6 Å². The fourth-order valence-corrected chi connectivity index (χ4v) is 1.87. The molecule has 1 rings (SSSR count). The Bertz CT molecular complexity index is 367. The summed E-state index contributed by atoms with van der Waals surface area (Å²) in [5.74, 6) is 0.166. The monoisotopic (exact) mass is 263 g/mol. The largest absolute Gasteiger partial charge is 0.397 e. The molecule has 0 radical (unpaired) electrons. The maximum absolute atomic E-state index is 12.3. The minimum Gasteiger partial charge on any atom is -0.397 e. The summed E-state index contributed by atoms with van der Waals surface area (Å²) in [6, 6.07) is 3.61. The molecular formula is C15H25N3O. The molecule has 0 aromatic carbocycles. The molecule has 4 nitrogen and oxygen atoms in total.